The number of hydrogen-bond acceptors (Lipinski definition) is 3. The molecule has 4 heteroatoms. The minimum Gasteiger partial charge on any atom is -0.303 e. The Balaban J connectivity index is 2.83. The van der Waals surface area contributed by atoms with Gasteiger partial charge in [0.1, 0.15) is 6.29 Å². The van der Waals surface area contributed by atoms with Crippen LogP contribution in [0.4, 0.5) is 5.69 Å². The molecule has 1 aromatic carbocycles. The summed E-state index contributed by atoms with van der Waals surface area (Å²) in [7, 11) is 0. The predicted molar refractivity (Wildman–Crippen MR) is 52.0 cm³/mol. The van der Waals surface area contributed by atoms with Gasteiger partial charge in [0.2, 0.25) is 0 Å². The Morgan fingerprint density at radius 1 is 1.57 bits per heavy atom. The normalized spacial score (nSPS) is 12.1. The highest BCUT2D eigenvalue weighted by atomic mass is 16.6. The number of non-ortho nitro benzene ring substituents is 1. The molecule has 0 saturated carbocycles. The third kappa shape index (κ3) is 2.65. The van der Waals surface area contributed by atoms with E-state index in [2.05, 4.69) is 0 Å². The third-order valence-corrected chi connectivity index (χ3v) is 1.91. The second-order valence-corrected chi connectivity index (χ2v) is 3.24. The van der Waals surface area contributed by atoms with Crippen LogP contribution < -0.4 is 0 Å². The van der Waals surface area contributed by atoms with Crippen LogP contribution in [0.25, 0.3) is 0 Å². The standard InChI is InChI=1S/C10H11NO3/c1-8(7-12)5-9-3-2-4-10(6-9)11(13)14/h2-4,6-8H,5H2,1H3. The first-order valence-electron chi connectivity index (χ1n) is 4.32. The Morgan fingerprint density at radius 2 is 2.29 bits per heavy atom. The predicted octanol–water partition coefficient (Wildman–Crippen LogP) is 1.97. The fourth-order valence-corrected chi connectivity index (χ4v) is 1.22. The Labute approximate surface area is 81.7 Å². The van der Waals surface area contributed by atoms with Crippen molar-refractivity contribution in [1.29, 1.82) is 0 Å². The topological polar surface area (TPSA) is 60.2 Å². The maximum Gasteiger partial charge on any atom is 0.269 e. The van der Waals surface area contributed by atoms with Gasteiger partial charge in [-0.2, -0.15) is 0 Å². The van der Waals surface area contributed by atoms with Crippen LogP contribution in [0.2, 0.25) is 0 Å². The molecule has 14 heavy (non-hydrogen) atoms. The van der Waals surface area contributed by atoms with E-state index >= 15 is 0 Å². The number of carbonyl (C=O) groups excluding carboxylic acids is 1. The molecule has 0 amide bonds. The number of rotatable bonds is 4. The molecule has 74 valence electrons. The average Bonchev–Trinajstić information content (AvgIpc) is 2.18. The van der Waals surface area contributed by atoms with Gasteiger partial charge in [-0.3, -0.25) is 10.1 Å². The van der Waals surface area contributed by atoms with Crippen molar-refractivity contribution in [2.24, 2.45) is 5.92 Å². The second-order valence-electron chi connectivity index (χ2n) is 3.24. The highest BCUT2D eigenvalue weighted by molar-refractivity contribution is 5.53. The number of hydrogen-bond donors (Lipinski definition) is 0. The molecule has 0 fully saturated rings. The van der Waals surface area contributed by atoms with Gasteiger partial charge in [-0.05, 0) is 12.0 Å². The summed E-state index contributed by atoms with van der Waals surface area (Å²) in [6.07, 6.45) is 1.39. The first kappa shape index (κ1) is 10.4. The molecule has 0 bridgehead atoms. The molecule has 0 aromatic heterocycles. The van der Waals surface area contributed by atoms with Crippen molar-refractivity contribution in [2.75, 3.05) is 0 Å². The van der Waals surface area contributed by atoms with E-state index in [0.29, 0.717) is 6.42 Å². The maximum absolute atomic E-state index is 10.4. The van der Waals surface area contributed by atoms with Crippen LogP contribution in [0.1, 0.15) is 12.5 Å². The van der Waals surface area contributed by atoms with Crippen LogP contribution in [-0.4, -0.2) is 11.2 Å². The van der Waals surface area contributed by atoms with Crippen LogP contribution in [0.15, 0.2) is 24.3 Å². The van der Waals surface area contributed by atoms with Gasteiger partial charge >= 0.3 is 0 Å². The van der Waals surface area contributed by atoms with E-state index in [1.54, 1.807) is 19.1 Å². The molecule has 1 atom stereocenters. The lowest BCUT2D eigenvalue weighted by Crippen LogP contribution is -2.00. The molecule has 0 aliphatic heterocycles. The molecular weight excluding hydrogens is 182 g/mol. The Bertz CT molecular complexity index is 349. The van der Waals surface area contributed by atoms with E-state index in [1.165, 1.54) is 12.1 Å². The molecule has 0 aliphatic carbocycles. The molecular formula is C10H11NO3. The van der Waals surface area contributed by atoms with Crippen LogP contribution in [0.3, 0.4) is 0 Å². The summed E-state index contributed by atoms with van der Waals surface area (Å²) in [4.78, 5) is 20.4. The quantitative estimate of drug-likeness (QED) is 0.417. The molecule has 4 nitrogen and oxygen atoms in total. The lowest BCUT2D eigenvalue weighted by atomic mass is 10.0. The van der Waals surface area contributed by atoms with Crippen molar-refractivity contribution < 1.29 is 9.72 Å². The van der Waals surface area contributed by atoms with Gasteiger partial charge in [0.15, 0.2) is 0 Å². The second kappa shape index (κ2) is 4.50. The Morgan fingerprint density at radius 3 is 2.86 bits per heavy atom. The molecule has 0 aliphatic rings. The van der Waals surface area contributed by atoms with E-state index in [9.17, 15) is 14.9 Å². The largest absolute Gasteiger partial charge is 0.303 e. The maximum atomic E-state index is 10.4. The molecule has 1 rings (SSSR count). The first-order valence-corrected chi connectivity index (χ1v) is 4.32. The molecule has 0 N–H and O–H groups in total. The van der Waals surface area contributed by atoms with Crippen molar-refractivity contribution in [1.82, 2.24) is 0 Å². The zero-order valence-electron chi connectivity index (χ0n) is 7.84. The summed E-state index contributed by atoms with van der Waals surface area (Å²) in [5.41, 5.74) is 0.888. The SMILES string of the molecule is CC(C=O)Cc1cccc([N+](=O)[O-])c1. The van der Waals surface area contributed by atoms with Gasteiger partial charge in [0.25, 0.3) is 5.69 Å². The van der Waals surface area contributed by atoms with Crippen molar-refractivity contribution in [3.05, 3.63) is 39.9 Å². The van der Waals surface area contributed by atoms with E-state index < -0.39 is 4.92 Å². The van der Waals surface area contributed by atoms with Gasteiger partial charge in [-0.15, -0.1) is 0 Å². The van der Waals surface area contributed by atoms with E-state index in [0.717, 1.165) is 11.8 Å². The fourth-order valence-electron chi connectivity index (χ4n) is 1.22. The third-order valence-electron chi connectivity index (χ3n) is 1.91. The van der Waals surface area contributed by atoms with E-state index in [1.807, 2.05) is 0 Å². The molecule has 1 aromatic rings. The lowest BCUT2D eigenvalue weighted by molar-refractivity contribution is -0.384. The van der Waals surface area contributed by atoms with Gasteiger partial charge in [-0.25, -0.2) is 0 Å². The summed E-state index contributed by atoms with van der Waals surface area (Å²) < 4.78 is 0. The summed E-state index contributed by atoms with van der Waals surface area (Å²) in [6.45, 7) is 1.78. The minimum absolute atomic E-state index is 0.0700. The summed E-state index contributed by atoms with van der Waals surface area (Å²) in [5.74, 6) is -0.1000. The van der Waals surface area contributed by atoms with Crippen LogP contribution in [-0.2, 0) is 11.2 Å². The minimum atomic E-state index is -0.435. The van der Waals surface area contributed by atoms with E-state index in [4.69, 9.17) is 0 Å². The van der Waals surface area contributed by atoms with Crippen molar-refractivity contribution in [3.8, 4) is 0 Å². The highest BCUT2D eigenvalue weighted by Crippen LogP contribution is 2.15. The molecule has 1 unspecified atom stereocenters. The van der Waals surface area contributed by atoms with Crippen molar-refractivity contribution in [3.63, 3.8) is 0 Å². The van der Waals surface area contributed by atoms with Crippen molar-refractivity contribution in [2.45, 2.75) is 13.3 Å². The lowest BCUT2D eigenvalue weighted by Gasteiger charge is -2.02. The molecule has 0 spiro atoms. The summed E-state index contributed by atoms with van der Waals surface area (Å²) in [6, 6.07) is 6.35. The summed E-state index contributed by atoms with van der Waals surface area (Å²) >= 11 is 0. The Kier molecular flexibility index (Phi) is 3.34. The fraction of sp³-hybridized carbons (Fsp3) is 0.300. The van der Waals surface area contributed by atoms with Crippen molar-refractivity contribution >= 4 is 12.0 Å². The number of nitro benzene ring substituents is 1. The van der Waals surface area contributed by atoms with Gasteiger partial charge in [-0.1, -0.05) is 19.1 Å². The molecule has 0 saturated heterocycles. The monoisotopic (exact) mass is 193 g/mol. The average molecular weight is 193 g/mol. The zero-order chi connectivity index (χ0) is 10.6. The van der Waals surface area contributed by atoms with Crippen LogP contribution >= 0.6 is 0 Å². The van der Waals surface area contributed by atoms with Crippen LogP contribution in [0, 0.1) is 16.0 Å². The number of nitro groups is 1. The first-order chi connectivity index (χ1) is 6.63. The number of nitrogens with zero attached hydrogens (tertiary/aromatic N) is 1. The van der Waals surface area contributed by atoms with Crippen LogP contribution in [0.5, 0.6) is 0 Å². The molecule has 0 radical (unpaired) electrons. The number of carbonyl (C=O) groups is 1. The van der Waals surface area contributed by atoms with E-state index in [-0.39, 0.29) is 11.6 Å². The summed E-state index contributed by atoms with van der Waals surface area (Å²) in [5, 5.41) is 10.4. The zero-order valence-corrected chi connectivity index (χ0v) is 7.84. The highest BCUT2D eigenvalue weighted by Gasteiger charge is 2.07. The van der Waals surface area contributed by atoms with Gasteiger partial charge < -0.3 is 4.79 Å². The number of benzene rings is 1. The Hall–Kier alpha value is -1.71. The van der Waals surface area contributed by atoms with Gasteiger partial charge in [0.05, 0.1) is 4.92 Å². The number of aldehydes is 1. The van der Waals surface area contributed by atoms with Gasteiger partial charge in [0, 0.05) is 18.1 Å². The smallest absolute Gasteiger partial charge is 0.269 e. The molecule has 0 heterocycles.